The summed E-state index contributed by atoms with van der Waals surface area (Å²) in [6.07, 6.45) is 0. The van der Waals surface area contributed by atoms with Crippen LogP contribution in [0.2, 0.25) is 5.02 Å². The molecule has 1 aromatic heterocycles. The minimum absolute atomic E-state index is 0.231. The first kappa shape index (κ1) is 9.44. The van der Waals surface area contributed by atoms with Gasteiger partial charge in [0.15, 0.2) is 0 Å². The van der Waals surface area contributed by atoms with E-state index >= 15 is 0 Å². The minimum atomic E-state index is -0.350. The third-order valence-electron chi connectivity index (χ3n) is 1.86. The van der Waals surface area contributed by atoms with Crippen molar-refractivity contribution >= 4 is 49.0 Å². The summed E-state index contributed by atoms with van der Waals surface area (Å²) in [5.74, 6) is -0.350. The number of hydrogen-bond acceptors (Lipinski definition) is 1. The van der Waals surface area contributed by atoms with Crippen molar-refractivity contribution < 1.29 is 4.39 Å². The molecule has 0 unspecified atom stereocenters. The predicted molar refractivity (Wildman–Crippen MR) is 59.4 cm³/mol. The maximum absolute atomic E-state index is 13.0. The highest BCUT2D eigenvalue weighted by molar-refractivity contribution is 9.08. The van der Waals surface area contributed by atoms with Crippen LogP contribution in [0, 0.1) is 5.82 Å². The van der Waals surface area contributed by atoms with Crippen LogP contribution in [-0.4, -0.2) is 0 Å². The van der Waals surface area contributed by atoms with Gasteiger partial charge in [-0.05, 0) is 22.4 Å². The highest BCUT2D eigenvalue weighted by atomic mass is 79.9. The highest BCUT2D eigenvalue weighted by Crippen LogP contribution is 2.34. The third-order valence-corrected chi connectivity index (χ3v) is 4.01. The molecule has 0 saturated heterocycles. The van der Waals surface area contributed by atoms with Crippen LogP contribution in [0.3, 0.4) is 0 Å². The first-order valence-corrected chi connectivity index (χ1v) is 6.02. The van der Waals surface area contributed by atoms with Crippen LogP contribution in [0.5, 0.6) is 0 Å². The zero-order valence-electron chi connectivity index (χ0n) is 6.48. The molecule has 0 fully saturated rings. The Morgan fingerprint density at radius 1 is 1.46 bits per heavy atom. The number of rotatable bonds is 1. The number of thiophene rings is 1. The fourth-order valence-electron chi connectivity index (χ4n) is 1.20. The Morgan fingerprint density at radius 2 is 2.23 bits per heavy atom. The second-order valence-electron chi connectivity index (χ2n) is 2.63. The topological polar surface area (TPSA) is 0 Å². The minimum Gasteiger partial charge on any atom is -0.205 e. The average Bonchev–Trinajstić information content (AvgIpc) is 2.55. The second-order valence-corrected chi connectivity index (χ2v) is 4.45. The van der Waals surface area contributed by atoms with Gasteiger partial charge in [-0.25, -0.2) is 4.39 Å². The molecule has 0 atom stereocenters. The largest absolute Gasteiger partial charge is 0.205 e. The molecule has 0 amide bonds. The normalized spacial score (nSPS) is 11.0. The van der Waals surface area contributed by atoms with Gasteiger partial charge in [0.1, 0.15) is 5.82 Å². The summed E-state index contributed by atoms with van der Waals surface area (Å²) < 4.78 is 13.9. The molecule has 0 aliphatic heterocycles. The number of alkyl halides is 1. The molecule has 2 rings (SSSR count). The van der Waals surface area contributed by atoms with Gasteiger partial charge in [-0.3, -0.25) is 0 Å². The summed E-state index contributed by atoms with van der Waals surface area (Å²) >= 11 is 10.7. The molecule has 68 valence electrons. The highest BCUT2D eigenvalue weighted by Gasteiger charge is 2.09. The van der Waals surface area contributed by atoms with E-state index in [1.165, 1.54) is 17.4 Å². The number of benzene rings is 1. The van der Waals surface area contributed by atoms with Gasteiger partial charge in [0.25, 0.3) is 0 Å². The summed E-state index contributed by atoms with van der Waals surface area (Å²) in [7, 11) is 0. The summed E-state index contributed by atoms with van der Waals surface area (Å²) in [5, 5.41) is 4.03. The molecule has 0 radical (unpaired) electrons. The summed E-state index contributed by atoms with van der Waals surface area (Å²) in [6.45, 7) is 0. The second kappa shape index (κ2) is 3.56. The van der Waals surface area contributed by atoms with Gasteiger partial charge < -0.3 is 0 Å². The molecular weight excluding hydrogens is 275 g/mol. The number of hydrogen-bond donors (Lipinski definition) is 0. The van der Waals surface area contributed by atoms with Gasteiger partial charge in [-0.1, -0.05) is 33.6 Å². The molecule has 0 aliphatic carbocycles. The van der Waals surface area contributed by atoms with Crippen LogP contribution in [0.1, 0.15) is 5.56 Å². The predicted octanol–water partition coefficient (Wildman–Crippen LogP) is 4.59. The zero-order chi connectivity index (χ0) is 9.42. The van der Waals surface area contributed by atoms with Crippen molar-refractivity contribution in [2.75, 3.05) is 0 Å². The Balaban J connectivity index is 2.81. The zero-order valence-corrected chi connectivity index (χ0v) is 9.64. The van der Waals surface area contributed by atoms with E-state index in [2.05, 4.69) is 15.9 Å². The monoisotopic (exact) mass is 278 g/mol. The van der Waals surface area contributed by atoms with Crippen molar-refractivity contribution in [1.29, 1.82) is 0 Å². The summed E-state index contributed by atoms with van der Waals surface area (Å²) in [5.41, 5.74) is 1.15. The van der Waals surface area contributed by atoms with Gasteiger partial charge in [0, 0.05) is 5.33 Å². The van der Waals surface area contributed by atoms with Crippen LogP contribution in [-0.2, 0) is 5.33 Å². The Bertz CT molecular complexity index is 452. The van der Waals surface area contributed by atoms with Gasteiger partial charge in [-0.2, -0.15) is 0 Å². The van der Waals surface area contributed by atoms with Crippen molar-refractivity contribution in [3.8, 4) is 0 Å². The molecule has 0 saturated carbocycles. The lowest BCUT2D eigenvalue weighted by Crippen LogP contribution is -1.77. The van der Waals surface area contributed by atoms with Crippen molar-refractivity contribution in [1.82, 2.24) is 0 Å². The molecule has 0 N–H and O–H groups in total. The standard InChI is InChI=1S/C9H5BrClFS/c10-3-5-4-13-9-6(5)1-2-7(12)8(9)11/h1-2,4H,3H2. The van der Waals surface area contributed by atoms with E-state index in [-0.39, 0.29) is 10.8 Å². The van der Waals surface area contributed by atoms with Gasteiger partial charge >= 0.3 is 0 Å². The van der Waals surface area contributed by atoms with Crippen LogP contribution in [0.25, 0.3) is 10.1 Å². The fourth-order valence-corrected chi connectivity index (χ4v) is 3.17. The van der Waals surface area contributed by atoms with Crippen LogP contribution >= 0.6 is 38.9 Å². The third kappa shape index (κ3) is 1.49. The number of fused-ring (bicyclic) bond motifs is 1. The van der Waals surface area contributed by atoms with E-state index in [1.807, 2.05) is 5.38 Å². The van der Waals surface area contributed by atoms with Gasteiger partial charge in [0.2, 0.25) is 0 Å². The molecule has 0 bridgehead atoms. The summed E-state index contributed by atoms with van der Waals surface area (Å²) in [4.78, 5) is 0. The molecule has 0 aliphatic rings. The van der Waals surface area contributed by atoms with Crippen molar-refractivity contribution in [3.05, 3.63) is 33.9 Å². The van der Waals surface area contributed by atoms with E-state index in [0.717, 1.165) is 21.0 Å². The first-order chi connectivity index (χ1) is 6.24. The molecule has 0 nitrogen and oxygen atoms in total. The fraction of sp³-hybridized carbons (Fsp3) is 0.111. The SMILES string of the molecule is Fc1ccc2c(CBr)csc2c1Cl. The molecule has 2 aromatic rings. The van der Waals surface area contributed by atoms with Crippen LogP contribution in [0.15, 0.2) is 17.5 Å². The lowest BCUT2D eigenvalue weighted by atomic mass is 10.2. The quantitative estimate of drug-likeness (QED) is 0.670. The number of halogens is 3. The Morgan fingerprint density at radius 3 is 2.92 bits per heavy atom. The van der Waals surface area contributed by atoms with Crippen LogP contribution in [0.4, 0.5) is 4.39 Å². The van der Waals surface area contributed by atoms with Gasteiger partial charge in [0.05, 0.1) is 9.72 Å². The van der Waals surface area contributed by atoms with Crippen molar-refractivity contribution in [2.24, 2.45) is 0 Å². The molecule has 0 spiro atoms. The van der Waals surface area contributed by atoms with E-state index in [0.29, 0.717) is 0 Å². The van der Waals surface area contributed by atoms with E-state index in [4.69, 9.17) is 11.6 Å². The van der Waals surface area contributed by atoms with Gasteiger partial charge in [-0.15, -0.1) is 11.3 Å². The van der Waals surface area contributed by atoms with Crippen molar-refractivity contribution in [3.63, 3.8) is 0 Å². The Kier molecular flexibility index (Phi) is 2.58. The molecule has 1 aromatic carbocycles. The molecule has 1 heterocycles. The molecule has 4 heteroatoms. The van der Waals surface area contributed by atoms with E-state index in [1.54, 1.807) is 6.07 Å². The maximum atomic E-state index is 13.0. The lowest BCUT2D eigenvalue weighted by Gasteiger charge is -1.96. The summed E-state index contributed by atoms with van der Waals surface area (Å²) in [6, 6.07) is 3.17. The maximum Gasteiger partial charge on any atom is 0.143 e. The smallest absolute Gasteiger partial charge is 0.143 e. The Labute approximate surface area is 92.5 Å². The lowest BCUT2D eigenvalue weighted by molar-refractivity contribution is 0.630. The average molecular weight is 280 g/mol. The molecule has 13 heavy (non-hydrogen) atoms. The van der Waals surface area contributed by atoms with E-state index < -0.39 is 0 Å². The molecular formula is C9H5BrClFS. The Hall–Kier alpha value is -0.120. The van der Waals surface area contributed by atoms with E-state index in [9.17, 15) is 4.39 Å². The van der Waals surface area contributed by atoms with Crippen LogP contribution < -0.4 is 0 Å². The van der Waals surface area contributed by atoms with Crippen molar-refractivity contribution in [2.45, 2.75) is 5.33 Å². The first-order valence-electron chi connectivity index (χ1n) is 3.64.